The van der Waals surface area contributed by atoms with Gasteiger partial charge in [-0.1, -0.05) is 6.07 Å². The predicted octanol–water partition coefficient (Wildman–Crippen LogP) is 0.308. The SMILES string of the molecule is O=C1OCCN1CCCN1CCN(CCn2ccccc2=O)CC1. The summed E-state index contributed by atoms with van der Waals surface area (Å²) in [4.78, 5) is 29.7. The number of aromatic nitrogens is 1. The number of amides is 1. The van der Waals surface area contributed by atoms with Crippen LogP contribution in [0.5, 0.6) is 0 Å². The van der Waals surface area contributed by atoms with Crippen LogP contribution < -0.4 is 5.56 Å². The number of cyclic esters (lactones) is 1. The maximum atomic E-state index is 11.7. The number of hydrogen-bond acceptors (Lipinski definition) is 5. The van der Waals surface area contributed by atoms with Gasteiger partial charge in [-0.15, -0.1) is 0 Å². The van der Waals surface area contributed by atoms with Gasteiger partial charge in [0.25, 0.3) is 5.56 Å². The van der Waals surface area contributed by atoms with E-state index < -0.39 is 0 Å². The minimum absolute atomic E-state index is 0.0663. The summed E-state index contributed by atoms with van der Waals surface area (Å²) < 4.78 is 6.70. The Bertz CT molecular complexity index is 595. The molecule has 7 heteroatoms. The van der Waals surface area contributed by atoms with Crippen LogP contribution >= 0.6 is 0 Å². The number of ether oxygens (including phenoxy) is 1. The van der Waals surface area contributed by atoms with Crippen LogP contribution in [0.2, 0.25) is 0 Å². The Morgan fingerprint density at radius 1 is 0.875 bits per heavy atom. The molecular weight excluding hydrogens is 308 g/mol. The Morgan fingerprint density at radius 3 is 2.29 bits per heavy atom. The van der Waals surface area contributed by atoms with Gasteiger partial charge < -0.3 is 19.1 Å². The molecule has 0 aromatic carbocycles. The molecule has 1 amide bonds. The van der Waals surface area contributed by atoms with Crippen LogP contribution in [0.15, 0.2) is 29.2 Å². The van der Waals surface area contributed by atoms with Crippen LogP contribution in [0, 0.1) is 0 Å². The Balaban J connectivity index is 1.31. The third-order valence-corrected chi connectivity index (χ3v) is 4.77. The minimum atomic E-state index is -0.170. The van der Waals surface area contributed by atoms with Gasteiger partial charge in [0, 0.05) is 58.1 Å². The van der Waals surface area contributed by atoms with Gasteiger partial charge in [0.15, 0.2) is 0 Å². The summed E-state index contributed by atoms with van der Waals surface area (Å²) in [6.07, 6.45) is 2.67. The molecule has 2 aliphatic rings. The molecule has 0 bridgehead atoms. The fraction of sp³-hybridized carbons (Fsp3) is 0.647. The number of hydrogen-bond donors (Lipinski definition) is 0. The lowest BCUT2D eigenvalue weighted by molar-refractivity contribution is 0.124. The minimum Gasteiger partial charge on any atom is -0.448 e. The highest BCUT2D eigenvalue weighted by Gasteiger charge is 2.22. The Morgan fingerprint density at radius 2 is 1.62 bits per heavy atom. The van der Waals surface area contributed by atoms with E-state index in [9.17, 15) is 9.59 Å². The van der Waals surface area contributed by atoms with E-state index in [-0.39, 0.29) is 11.7 Å². The van der Waals surface area contributed by atoms with Gasteiger partial charge in [-0.05, 0) is 19.0 Å². The zero-order valence-electron chi connectivity index (χ0n) is 14.1. The van der Waals surface area contributed by atoms with Gasteiger partial charge >= 0.3 is 6.09 Å². The number of rotatable bonds is 7. The second-order valence-corrected chi connectivity index (χ2v) is 6.37. The van der Waals surface area contributed by atoms with Crippen molar-refractivity contribution in [2.75, 3.05) is 59.0 Å². The van der Waals surface area contributed by atoms with Crippen molar-refractivity contribution in [3.8, 4) is 0 Å². The van der Waals surface area contributed by atoms with Crippen LogP contribution in [0.1, 0.15) is 6.42 Å². The zero-order chi connectivity index (χ0) is 16.8. The number of piperazine rings is 1. The fourth-order valence-electron chi connectivity index (χ4n) is 3.25. The van der Waals surface area contributed by atoms with Crippen molar-refractivity contribution in [2.45, 2.75) is 13.0 Å². The summed E-state index contributed by atoms with van der Waals surface area (Å²) in [7, 11) is 0. The van der Waals surface area contributed by atoms with E-state index in [0.29, 0.717) is 6.61 Å². The van der Waals surface area contributed by atoms with Gasteiger partial charge in [0.05, 0.1) is 6.54 Å². The van der Waals surface area contributed by atoms with E-state index >= 15 is 0 Å². The Labute approximate surface area is 142 Å². The van der Waals surface area contributed by atoms with Crippen molar-refractivity contribution < 1.29 is 9.53 Å². The van der Waals surface area contributed by atoms with E-state index in [1.54, 1.807) is 21.6 Å². The first kappa shape index (κ1) is 17.0. The molecule has 0 saturated carbocycles. The molecular formula is C17H26N4O3. The molecule has 0 radical (unpaired) electrons. The van der Waals surface area contributed by atoms with Crippen LogP contribution in [-0.4, -0.2) is 84.3 Å². The fourth-order valence-corrected chi connectivity index (χ4v) is 3.25. The molecule has 0 spiro atoms. The number of nitrogens with zero attached hydrogens (tertiary/aromatic N) is 4. The third kappa shape index (κ3) is 4.58. The highest BCUT2D eigenvalue weighted by Crippen LogP contribution is 2.06. The molecule has 1 aromatic heterocycles. The van der Waals surface area contributed by atoms with Crippen molar-refractivity contribution in [3.05, 3.63) is 34.7 Å². The number of pyridine rings is 1. The lowest BCUT2D eigenvalue weighted by atomic mass is 10.2. The highest BCUT2D eigenvalue weighted by atomic mass is 16.6. The lowest BCUT2D eigenvalue weighted by Crippen LogP contribution is -2.48. The molecule has 0 unspecified atom stereocenters. The standard InChI is InChI=1S/C17H26N4O3/c22-16-4-1-2-6-20(16)13-12-19-10-8-18(9-11-19)5-3-7-21-14-15-24-17(21)23/h1-2,4,6H,3,5,7-15H2. The van der Waals surface area contributed by atoms with Gasteiger partial charge in [0.2, 0.25) is 0 Å². The first-order valence-electron chi connectivity index (χ1n) is 8.74. The molecule has 2 fully saturated rings. The maximum absolute atomic E-state index is 11.7. The van der Waals surface area contributed by atoms with Crippen LogP contribution in [-0.2, 0) is 11.3 Å². The summed E-state index contributed by atoms with van der Waals surface area (Å²) in [6, 6.07) is 5.28. The first-order chi connectivity index (χ1) is 11.7. The summed E-state index contributed by atoms with van der Waals surface area (Å²) >= 11 is 0. The van der Waals surface area contributed by atoms with Crippen LogP contribution in [0.3, 0.4) is 0 Å². The molecule has 0 N–H and O–H groups in total. The normalized spacial score (nSPS) is 19.7. The molecule has 0 aliphatic carbocycles. The molecule has 2 saturated heterocycles. The average molecular weight is 334 g/mol. The van der Waals surface area contributed by atoms with Crippen LogP contribution in [0.25, 0.3) is 0 Å². The predicted molar refractivity (Wildman–Crippen MR) is 91.1 cm³/mol. The molecule has 0 atom stereocenters. The van der Waals surface area contributed by atoms with E-state index in [1.165, 1.54) is 0 Å². The van der Waals surface area contributed by atoms with Crippen molar-refractivity contribution in [3.63, 3.8) is 0 Å². The summed E-state index contributed by atoms with van der Waals surface area (Å²) in [5.74, 6) is 0. The quantitative estimate of drug-likeness (QED) is 0.718. The van der Waals surface area contributed by atoms with Gasteiger partial charge in [-0.3, -0.25) is 9.69 Å². The van der Waals surface area contributed by atoms with E-state index in [1.807, 2.05) is 12.3 Å². The highest BCUT2D eigenvalue weighted by molar-refractivity contribution is 5.69. The molecule has 132 valence electrons. The largest absolute Gasteiger partial charge is 0.448 e. The molecule has 2 aliphatic heterocycles. The molecule has 24 heavy (non-hydrogen) atoms. The van der Waals surface area contributed by atoms with Crippen molar-refractivity contribution in [1.82, 2.24) is 19.3 Å². The summed E-state index contributed by atoms with van der Waals surface area (Å²) in [5.41, 5.74) is 0.0663. The third-order valence-electron chi connectivity index (χ3n) is 4.77. The molecule has 1 aromatic rings. The monoisotopic (exact) mass is 334 g/mol. The van der Waals surface area contributed by atoms with E-state index in [0.717, 1.165) is 65.3 Å². The van der Waals surface area contributed by atoms with E-state index in [4.69, 9.17) is 4.74 Å². The topological polar surface area (TPSA) is 58.0 Å². The molecule has 3 rings (SSSR count). The molecule has 3 heterocycles. The molecule has 7 nitrogen and oxygen atoms in total. The maximum Gasteiger partial charge on any atom is 0.409 e. The first-order valence-corrected chi connectivity index (χ1v) is 8.74. The van der Waals surface area contributed by atoms with Gasteiger partial charge in [0.1, 0.15) is 6.61 Å². The zero-order valence-corrected chi connectivity index (χ0v) is 14.1. The smallest absolute Gasteiger partial charge is 0.409 e. The second-order valence-electron chi connectivity index (χ2n) is 6.37. The Hall–Kier alpha value is -1.86. The van der Waals surface area contributed by atoms with Crippen molar-refractivity contribution in [1.29, 1.82) is 0 Å². The Kier molecular flexibility index (Phi) is 5.87. The van der Waals surface area contributed by atoms with Crippen molar-refractivity contribution >= 4 is 6.09 Å². The van der Waals surface area contributed by atoms with E-state index in [2.05, 4.69) is 9.80 Å². The van der Waals surface area contributed by atoms with Gasteiger partial charge in [-0.25, -0.2) is 4.79 Å². The lowest BCUT2D eigenvalue weighted by Gasteiger charge is -2.34. The second kappa shape index (κ2) is 8.30. The summed E-state index contributed by atoms with van der Waals surface area (Å²) in [6.45, 7) is 8.90. The van der Waals surface area contributed by atoms with Crippen molar-refractivity contribution in [2.24, 2.45) is 0 Å². The number of carbonyl (C=O) groups excluding carboxylic acids is 1. The average Bonchev–Trinajstić information content (AvgIpc) is 3.00. The number of carbonyl (C=O) groups is 1. The summed E-state index contributed by atoms with van der Waals surface area (Å²) in [5, 5.41) is 0. The van der Waals surface area contributed by atoms with Crippen LogP contribution in [0.4, 0.5) is 4.79 Å². The van der Waals surface area contributed by atoms with Gasteiger partial charge in [-0.2, -0.15) is 0 Å².